The van der Waals surface area contributed by atoms with Gasteiger partial charge in [0.1, 0.15) is 6.61 Å². The van der Waals surface area contributed by atoms with Crippen molar-refractivity contribution in [1.29, 1.82) is 0 Å². The molecule has 0 spiro atoms. The van der Waals surface area contributed by atoms with Crippen LogP contribution in [0.5, 0.6) is 11.5 Å². The molecule has 0 bridgehead atoms. The number of methoxy groups -OCH3 is 1. The highest BCUT2D eigenvalue weighted by molar-refractivity contribution is 5.42. The molecule has 1 heterocycles. The van der Waals surface area contributed by atoms with Gasteiger partial charge in [-0.1, -0.05) is 30.3 Å². The molecule has 0 amide bonds. The summed E-state index contributed by atoms with van der Waals surface area (Å²) in [4.78, 5) is 4.20. The molecular weight excluding hydrogens is 214 g/mol. The number of nitrogens with zero attached hydrogens (tertiary/aromatic N) is 1. The third-order valence-electron chi connectivity index (χ3n) is 2.49. The zero-order chi connectivity index (χ0) is 12.1. The highest BCUT2D eigenvalue weighted by Crippen LogP contribution is 2.29. The van der Waals surface area contributed by atoms with Gasteiger partial charge >= 0.3 is 0 Å². The Labute approximate surface area is 101 Å². The largest absolute Gasteiger partial charge is 0.493 e. The van der Waals surface area contributed by atoms with Gasteiger partial charge in [-0.2, -0.15) is 0 Å². The SMILES string of the molecule is COc1ccnc(C)c1OCc1ccccc1. The number of aryl methyl sites for hydroxylation is 1. The Morgan fingerprint density at radius 3 is 2.59 bits per heavy atom. The highest BCUT2D eigenvalue weighted by atomic mass is 16.5. The first kappa shape index (κ1) is 11.5. The molecule has 2 rings (SSSR count). The van der Waals surface area contributed by atoms with Crippen LogP contribution in [0.2, 0.25) is 0 Å². The lowest BCUT2D eigenvalue weighted by molar-refractivity contribution is 0.281. The number of pyridine rings is 1. The third-order valence-corrected chi connectivity index (χ3v) is 2.49. The van der Waals surface area contributed by atoms with E-state index in [1.807, 2.05) is 37.3 Å². The van der Waals surface area contributed by atoms with Crippen molar-refractivity contribution in [3.8, 4) is 11.5 Å². The quantitative estimate of drug-likeness (QED) is 0.807. The van der Waals surface area contributed by atoms with Crippen LogP contribution in [0.15, 0.2) is 42.6 Å². The van der Waals surface area contributed by atoms with Gasteiger partial charge in [-0.25, -0.2) is 0 Å². The maximum atomic E-state index is 5.76. The standard InChI is InChI=1S/C14H15NO2/c1-11-14(13(16-2)8-9-15-11)17-10-12-6-4-3-5-7-12/h3-9H,10H2,1-2H3. The summed E-state index contributed by atoms with van der Waals surface area (Å²) in [5.74, 6) is 1.42. The van der Waals surface area contributed by atoms with Crippen LogP contribution >= 0.6 is 0 Å². The highest BCUT2D eigenvalue weighted by Gasteiger charge is 2.08. The Morgan fingerprint density at radius 2 is 1.88 bits per heavy atom. The van der Waals surface area contributed by atoms with E-state index in [0.29, 0.717) is 18.1 Å². The predicted octanol–water partition coefficient (Wildman–Crippen LogP) is 2.98. The van der Waals surface area contributed by atoms with E-state index in [1.54, 1.807) is 19.4 Å². The number of benzene rings is 1. The Balaban J connectivity index is 2.14. The molecule has 0 unspecified atom stereocenters. The predicted molar refractivity (Wildman–Crippen MR) is 66.3 cm³/mol. The van der Waals surface area contributed by atoms with E-state index in [2.05, 4.69) is 4.98 Å². The lowest BCUT2D eigenvalue weighted by Crippen LogP contribution is -2.00. The van der Waals surface area contributed by atoms with Crippen LogP contribution in [0.4, 0.5) is 0 Å². The Kier molecular flexibility index (Phi) is 3.60. The van der Waals surface area contributed by atoms with Crippen LogP contribution in [0, 0.1) is 6.92 Å². The van der Waals surface area contributed by atoms with Crippen molar-refractivity contribution in [2.75, 3.05) is 7.11 Å². The fraction of sp³-hybridized carbons (Fsp3) is 0.214. The first-order chi connectivity index (χ1) is 8.31. The van der Waals surface area contributed by atoms with Crippen LogP contribution < -0.4 is 9.47 Å². The molecule has 2 aromatic rings. The van der Waals surface area contributed by atoms with Crippen LogP contribution in [0.25, 0.3) is 0 Å². The molecule has 0 atom stereocenters. The van der Waals surface area contributed by atoms with Gasteiger partial charge in [-0.15, -0.1) is 0 Å². The van der Waals surface area contributed by atoms with Crippen molar-refractivity contribution in [3.05, 3.63) is 53.9 Å². The molecule has 0 aliphatic rings. The van der Waals surface area contributed by atoms with E-state index in [9.17, 15) is 0 Å². The van der Waals surface area contributed by atoms with E-state index in [1.165, 1.54) is 0 Å². The van der Waals surface area contributed by atoms with Gasteiger partial charge in [0.05, 0.1) is 12.8 Å². The van der Waals surface area contributed by atoms with Gasteiger partial charge in [-0.05, 0) is 12.5 Å². The van der Waals surface area contributed by atoms with E-state index >= 15 is 0 Å². The summed E-state index contributed by atoms with van der Waals surface area (Å²) in [6.45, 7) is 2.42. The van der Waals surface area contributed by atoms with Gasteiger partial charge < -0.3 is 9.47 Å². The zero-order valence-corrected chi connectivity index (χ0v) is 10.0. The summed E-state index contributed by atoms with van der Waals surface area (Å²) in [6.07, 6.45) is 1.71. The molecule has 88 valence electrons. The average molecular weight is 229 g/mol. The molecule has 0 radical (unpaired) electrons. The minimum absolute atomic E-state index is 0.518. The summed E-state index contributed by atoms with van der Waals surface area (Å²) in [7, 11) is 1.63. The molecule has 1 aromatic heterocycles. The van der Waals surface area contributed by atoms with Crippen molar-refractivity contribution < 1.29 is 9.47 Å². The van der Waals surface area contributed by atoms with Gasteiger partial charge in [0.15, 0.2) is 11.5 Å². The molecule has 3 nitrogen and oxygen atoms in total. The van der Waals surface area contributed by atoms with Crippen LogP contribution in [0.3, 0.4) is 0 Å². The number of rotatable bonds is 4. The summed E-state index contributed by atoms with van der Waals surface area (Å²) in [5, 5.41) is 0. The Bertz CT molecular complexity index is 483. The second-order valence-corrected chi connectivity index (χ2v) is 3.70. The van der Waals surface area contributed by atoms with Gasteiger partial charge in [0, 0.05) is 12.3 Å². The monoisotopic (exact) mass is 229 g/mol. The molecule has 17 heavy (non-hydrogen) atoms. The van der Waals surface area contributed by atoms with E-state index in [0.717, 1.165) is 11.3 Å². The number of hydrogen-bond acceptors (Lipinski definition) is 3. The summed E-state index contributed by atoms with van der Waals surface area (Å²) in [6, 6.07) is 11.8. The fourth-order valence-electron chi connectivity index (χ4n) is 1.60. The first-order valence-electron chi connectivity index (χ1n) is 5.47. The molecule has 0 N–H and O–H groups in total. The lowest BCUT2D eigenvalue weighted by atomic mass is 10.2. The lowest BCUT2D eigenvalue weighted by Gasteiger charge is -2.12. The minimum atomic E-state index is 0.518. The van der Waals surface area contributed by atoms with Gasteiger partial charge in [0.25, 0.3) is 0 Å². The molecule has 3 heteroatoms. The van der Waals surface area contributed by atoms with E-state index in [4.69, 9.17) is 9.47 Å². The second-order valence-electron chi connectivity index (χ2n) is 3.70. The van der Waals surface area contributed by atoms with Crippen molar-refractivity contribution >= 4 is 0 Å². The van der Waals surface area contributed by atoms with Crippen molar-refractivity contribution in [3.63, 3.8) is 0 Å². The van der Waals surface area contributed by atoms with Gasteiger partial charge in [-0.3, -0.25) is 4.98 Å². The second kappa shape index (κ2) is 5.34. The molecule has 0 saturated heterocycles. The molecular formula is C14H15NO2. The normalized spacial score (nSPS) is 10.0. The van der Waals surface area contributed by atoms with Crippen LogP contribution in [-0.2, 0) is 6.61 Å². The smallest absolute Gasteiger partial charge is 0.182 e. The van der Waals surface area contributed by atoms with E-state index < -0.39 is 0 Å². The Hall–Kier alpha value is -2.03. The first-order valence-corrected chi connectivity index (χ1v) is 5.47. The number of hydrogen-bond donors (Lipinski definition) is 0. The minimum Gasteiger partial charge on any atom is -0.493 e. The third kappa shape index (κ3) is 2.75. The van der Waals surface area contributed by atoms with Crippen molar-refractivity contribution in [1.82, 2.24) is 4.98 Å². The maximum absolute atomic E-state index is 5.76. The summed E-state index contributed by atoms with van der Waals surface area (Å²) < 4.78 is 11.0. The summed E-state index contributed by atoms with van der Waals surface area (Å²) in [5.41, 5.74) is 1.96. The average Bonchev–Trinajstić information content (AvgIpc) is 2.38. The van der Waals surface area contributed by atoms with Crippen LogP contribution in [-0.4, -0.2) is 12.1 Å². The number of ether oxygens (including phenoxy) is 2. The maximum Gasteiger partial charge on any atom is 0.182 e. The van der Waals surface area contributed by atoms with Gasteiger partial charge in [0.2, 0.25) is 0 Å². The van der Waals surface area contributed by atoms with Crippen molar-refractivity contribution in [2.45, 2.75) is 13.5 Å². The fourth-order valence-corrected chi connectivity index (χ4v) is 1.60. The van der Waals surface area contributed by atoms with E-state index in [-0.39, 0.29) is 0 Å². The molecule has 0 aliphatic heterocycles. The zero-order valence-electron chi connectivity index (χ0n) is 10.0. The topological polar surface area (TPSA) is 31.4 Å². The number of aromatic nitrogens is 1. The van der Waals surface area contributed by atoms with Crippen molar-refractivity contribution in [2.24, 2.45) is 0 Å². The molecule has 1 aromatic carbocycles. The molecule has 0 fully saturated rings. The summed E-state index contributed by atoms with van der Waals surface area (Å²) >= 11 is 0. The molecule has 0 saturated carbocycles. The van der Waals surface area contributed by atoms with Crippen LogP contribution in [0.1, 0.15) is 11.3 Å². The Morgan fingerprint density at radius 1 is 1.12 bits per heavy atom. The molecule has 0 aliphatic carbocycles.